The normalized spacial score (nSPS) is 4.00. The predicted molar refractivity (Wildman–Crippen MR) is 12.9 cm³/mol. The molecule has 0 aromatic carbocycles. The van der Waals surface area contributed by atoms with E-state index < -0.39 is 18.3 Å². The molecule has 0 spiro atoms. The van der Waals surface area contributed by atoms with Crippen molar-refractivity contribution in [2.45, 2.75) is 0 Å². The molecular weight excluding hydrogens is 309 g/mol. The largest absolute Gasteiger partial charge is 1.00 e. The summed E-state index contributed by atoms with van der Waals surface area (Å²) in [6.45, 7) is 0. The molecule has 0 atom stereocenters. The average Bonchev–Trinajstić information content (AvgIpc) is 1.25. The van der Waals surface area contributed by atoms with E-state index in [-0.39, 0.29) is 206 Å². The summed E-state index contributed by atoms with van der Waals surface area (Å²) in [6.07, 6.45) is 0. The van der Waals surface area contributed by atoms with Gasteiger partial charge in [-0.3, -0.25) is 0 Å². The van der Waals surface area contributed by atoms with Crippen molar-refractivity contribution in [2.75, 3.05) is 0 Å². The first kappa shape index (κ1) is 36.1. The van der Waals surface area contributed by atoms with Crippen LogP contribution in [0.5, 0.6) is 0 Å². The maximum atomic E-state index is 8.52. The first-order chi connectivity index (χ1) is 3.46. The molecule has 0 N–H and O–H groups in total. The van der Waals surface area contributed by atoms with Crippen LogP contribution in [0.2, 0.25) is 0 Å². The Hall–Kier alpha value is 5.78. The second-order valence-corrected chi connectivity index (χ2v) is 1.50. The SMILES string of the molecule is O=[Si]([O-])[O-].O=[Si]([O-])[O-].[K+].[K+].[K+].[K+]. The van der Waals surface area contributed by atoms with Crippen molar-refractivity contribution in [1.29, 1.82) is 0 Å². The molecule has 0 saturated heterocycles. The van der Waals surface area contributed by atoms with Gasteiger partial charge in [-0.25, -0.2) is 0 Å². The van der Waals surface area contributed by atoms with Crippen LogP contribution in [-0.4, -0.2) is 18.3 Å². The van der Waals surface area contributed by atoms with E-state index >= 15 is 0 Å². The monoisotopic (exact) mass is 308 g/mol. The molecule has 0 fully saturated rings. The van der Waals surface area contributed by atoms with Crippen molar-refractivity contribution in [3.05, 3.63) is 0 Å². The Kier molecular flexibility index (Phi) is 90.5. The Morgan fingerprint density at radius 3 is 0.583 bits per heavy atom. The van der Waals surface area contributed by atoms with Gasteiger partial charge in [0.1, 0.15) is 0 Å². The fraction of sp³-hybridized carbons (Fsp3) is 0. The quantitative estimate of drug-likeness (QED) is 0.409. The molecule has 0 aliphatic rings. The van der Waals surface area contributed by atoms with Gasteiger partial charge in [-0.15, -0.1) is 0 Å². The molecule has 0 aliphatic heterocycles. The second-order valence-electron chi connectivity index (χ2n) is 0.500. The molecule has 0 aliphatic carbocycles. The van der Waals surface area contributed by atoms with Crippen molar-refractivity contribution < 1.29 is 234 Å². The first-order valence-electron chi connectivity index (χ1n) is 1.22. The molecule has 0 amide bonds. The van der Waals surface area contributed by atoms with E-state index in [0.717, 1.165) is 0 Å². The first-order valence-corrected chi connectivity index (χ1v) is 3.67. The molecule has 0 rings (SSSR count). The number of hydrogen-bond donors (Lipinski definition) is 0. The van der Waals surface area contributed by atoms with Crippen molar-refractivity contribution in [3.8, 4) is 0 Å². The predicted octanol–water partition coefficient (Wildman–Crippen LogP) is -17.7. The Bertz CT molecular complexity index is 75.5. The van der Waals surface area contributed by atoms with Gasteiger partial charge in [-0.05, 0) is 0 Å². The van der Waals surface area contributed by atoms with E-state index in [0.29, 0.717) is 0 Å². The van der Waals surface area contributed by atoms with Crippen molar-refractivity contribution in [1.82, 2.24) is 0 Å². The van der Waals surface area contributed by atoms with Gasteiger partial charge in [0.15, 0.2) is 0 Å². The Labute approximate surface area is 243 Å². The fourth-order valence-electron chi connectivity index (χ4n) is 0. The fourth-order valence-corrected chi connectivity index (χ4v) is 0. The van der Waals surface area contributed by atoms with Crippen LogP contribution in [0.25, 0.3) is 0 Å². The summed E-state index contributed by atoms with van der Waals surface area (Å²) < 4.78 is 17.0. The van der Waals surface area contributed by atoms with Crippen LogP contribution in [-0.2, 0) is 8.92 Å². The summed E-state index contributed by atoms with van der Waals surface area (Å²) in [6, 6.07) is 0. The summed E-state index contributed by atoms with van der Waals surface area (Å²) >= 11 is 0. The van der Waals surface area contributed by atoms with Crippen molar-refractivity contribution in [2.24, 2.45) is 0 Å². The number of hydrogen-bond acceptors (Lipinski definition) is 6. The molecule has 0 unspecified atom stereocenters. The third kappa shape index (κ3) is 103. The molecule has 0 saturated carbocycles. The van der Waals surface area contributed by atoms with Crippen LogP contribution >= 0.6 is 0 Å². The van der Waals surface area contributed by atoms with E-state index in [2.05, 4.69) is 0 Å². The molecule has 48 valence electrons. The van der Waals surface area contributed by atoms with Gasteiger partial charge >= 0.3 is 206 Å². The zero-order chi connectivity index (χ0) is 7.15. The zero-order valence-electron chi connectivity index (χ0n) is 7.45. The minimum absolute atomic E-state index is 0. The zero-order valence-corrected chi connectivity index (χ0v) is 21.9. The van der Waals surface area contributed by atoms with E-state index in [1.54, 1.807) is 0 Å². The van der Waals surface area contributed by atoms with Gasteiger partial charge in [-0.2, -0.15) is 0 Å². The Morgan fingerprint density at radius 2 is 0.583 bits per heavy atom. The maximum absolute atomic E-state index is 8.52. The summed E-state index contributed by atoms with van der Waals surface area (Å²) in [5.41, 5.74) is 0. The van der Waals surface area contributed by atoms with Gasteiger partial charge in [0, 0.05) is 18.3 Å². The van der Waals surface area contributed by atoms with Crippen LogP contribution < -0.4 is 225 Å². The van der Waals surface area contributed by atoms with Gasteiger partial charge in [-0.1, -0.05) is 0 Å². The molecule has 0 aromatic rings. The molecule has 12 heteroatoms. The summed E-state index contributed by atoms with van der Waals surface area (Å²) in [5, 5.41) is 0. The molecular formula is K4O6Si2. The molecule has 0 bridgehead atoms. The molecule has 6 nitrogen and oxygen atoms in total. The molecule has 0 heterocycles. The minimum atomic E-state index is -3.63. The Morgan fingerprint density at radius 1 is 0.583 bits per heavy atom. The summed E-state index contributed by atoms with van der Waals surface area (Å²) in [7, 11) is -7.26. The van der Waals surface area contributed by atoms with Crippen LogP contribution in [0.4, 0.5) is 0 Å². The molecule has 0 aromatic heterocycles. The van der Waals surface area contributed by atoms with E-state index in [1.807, 2.05) is 0 Å². The van der Waals surface area contributed by atoms with Crippen LogP contribution in [0, 0.1) is 0 Å². The van der Waals surface area contributed by atoms with Gasteiger partial charge < -0.3 is 28.1 Å². The summed E-state index contributed by atoms with van der Waals surface area (Å²) in [4.78, 5) is 34.1. The van der Waals surface area contributed by atoms with Crippen molar-refractivity contribution in [3.63, 3.8) is 0 Å². The maximum Gasteiger partial charge on any atom is 1.00 e. The average molecular weight is 309 g/mol. The van der Waals surface area contributed by atoms with Crippen LogP contribution in [0.1, 0.15) is 0 Å². The number of rotatable bonds is 0. The minimum Gasteiger partial charge on any atom is -0.672 e. The van der Waals surface area contributed by atoms with Crippen molar-refractivity contribution >= 4 is 18.3 Å². The van der Waals surface area contributed by atoms with Gasteiger partial charge in [0.05, 0.1) is 0 Å². The standard InChI is InChI=1S/4K.2O3Si/c;;;;2*1-4(2)3/q4*+1;2*-2. The van der Waals surface area contributed by atoms with E-state index in [9.17, 15) is 0 Å². The second kappa shape index (κ2) is 30.1. The topological polar surface area (TPSA) is 126 Å². The van der Waals surface area contributed by atoms with Crippen LogP contribution in [0.15, 0.2) is 0 Å². The van der Waals surface area contributed by atoms with Gasteiger partial charge in [0.2, 0.25) is 0 Å². The van der Waals surface area contributed by atoms with E-state index in [4.69, 9.17) is 28.1 Å². The van der Waals surface area contributed by atoms with Crippen LogP contribution in [0.3, 0.4) is 0 Å². The third-order valence-corrected chi connectivity index (χ3v) is 0. The third-order valence-electron chi connectivity index (χ3n) is 0. The van der Waals surface area contributed by atoms with E-state index in [1.165, 1.54) is 0 Å². The Balaban J connectivity index is -0.0000000112. The smallest absolute Gasteiger partial charge is 0.672 e. The molecule has 0 radical (unpaired) electrons. The molecule has 12 heavy (non-hydrogen) atoms. The van der Waals surface area contributed by atoms with Gasteiger partial charge in [0.25, 0.3) is 0 Å². The summed E-state index contributed by atoms with van der Waals surface area (Å²) in [5.74, 6) is 0.